The lowest BCUT2D eigenvalue weighted by molar-refractivity contribution is 0.289. The quantitative estimate of drug-likeness (QED) is 0.327. The van der Waals surface area contributed by atoms with Crippen LogP contribution in [-0.4, -0.2) is 31.5 Å². The van der Waals surface area contributed by atoms with Gasteiger partial charge in [0, 0.05) is 25.0 Å². The number of benzene rings is 2. The third-order valence-corrected chi connectivity index (χ3v) is 5.41. The first kappa shape index (κ1) is 19.8. The van der Waals surface area contributed by atoms with E-state index in [4.69, 9.17) is 15.3 Å². The molecule has 154 valence electrons. The molecule has 0 aliphatic heterocycles. The Hall–Kier alpha value is -3.46. The minimum Gasteiger partial charge on any atom is -0.497 e. The number of aromatic nitrogens is 5. The third-order valence-electron chi connectivity index (χ3n) is 4.47. The first-order valence-electron chi connectivity index (χ1n) is 9.36. The van der Waals surface area contributed by atoms with Crippen molar-refractivity contribution in [3.05, 3.63) is 84.2 Å². The van der Waals surface area contributed by atoms with Crippen LogP contribution in [0.3, 0.4) is 0 Å². The van der Waals surface area contributed by atoms with Crippen molar-refractivity contribution in [2.45, 2.75) is 24.1 Å². The third kappa shape index (κ3) is 4.74. The second-order valence-corrected chi connectivity index (χ2v) is 7.42. The van der Waals surface area contributed by atoms with E-state index in [0.717, 1.165) is 18.1 Å². The van der Waals surface area contributed by atoms with Crippen LogP contribution in [0.1, 0.15) is 17.2 Å². The fourth-order valence-electron chi connectivity index (χ4n) is 2.88. The van der Waals surface area contributed by atoms with Crippen LogP contribution in [0.15, 0.2) is 72.1 Å². The lowest BCUT2D eigenvalue weighted by Gasteiger charge is -2.09. The average molecular weight is 423 g/mol. The van der Waals surface area contributed by atoms with E-state index in [0.29, 0.717) is 22.5 Å². The number of nitrogens with two attached hydrogens (primary N) is 1. The van der Waals surface area contributed by atoms with Gasteiger partial charge in [-0.1, -0.05) is 48.2 Å². The topological polar surface area (TPSA) is 93.0 Å². The summed E-state index contributed by atoms with van der Waals surface area (Å²) in [5, 5.41) is 8.94. The molecular weight excluding hydrogens is 400 g/mol. The van der Waals surface area contributed by atoms with Crippen LogP contribution in [0.25, 0.3) is 0 Å². The monoisotopic (exact) mass is 422 g/mol. The van der Waals surface area contributed by atoms with Gasteiger partial charge in [0.25, 0.3) is 0 Å². The first-order valence-corrected chi connectivity index (χ1v) is 10.3. The van der Waals surface area contributed by atoms with Crippen molar-refractivity contribution in [1.82, 2.24) is 24.4 Å². The summed E-state index contributed by atoms with van der Waals surface area (Å²) in [7, 11) is 1.62. The van der Waals surface area contributed by atoms with Gasteiger partial charge in [0.15, 0.2) is 5.82 Å². The minimum atomic E-state index is 0.208. The van der Waals surface area contributed by atoms with Crippen molar-refractivity contribution >= 4 is 11.8 Å². The number of hydrogen-bond donors (Lipinski definition) is 1. The number of hydrogen-bond acceptors (Lipinski definition) is 7. The molecule has 2 aromatic carbocycles. The van der Waals surface area contributed by atoms with Crippen LogP contribution in [0.4, 0.5) is 0 Å². The molecule has 30 heavy (non-hydrogen) atoms. The second-order valence-electron chi connectivity index (χ2n) is 6.48. The van der Waals surface area contributed by atoms with Gasteiger partial charge in [0.1, 0.15) is 23.9 Å². The molecule has 0 spiro atoms. The van der Waals surface area contributed by atoms with Gasteiger partial charge in [-0.3, -0.25) is 0 Å². The number of nitrogen functional groups attached to an aromatic ring is 1. The molecule has 0 saturated heterocycles. The summed E-state index contributed by atoms with van der Waals surface area (Å²) in [6, 6.07) is 17.7. The molecule has 4 aromatic rings. The van der Waals surface area contributed by atoms with Gasteiger partial charge < -0.3 is 19.9 Å². The highest BCUT2D eigenvalue weighted by Gasteiger charge is 2.13. The van der Waals surface area contributed by atoms with E-state index >= 15 is 0 Å². The van der Waals surface area contributed by atoms with E-state index in [2.05, 4.69) is 31.9 Å². The Bertz CT molecular complexity index is 1100. The molecule has 2 N–H and O–H groups in total. The number of methoxy groups -OCH3 is 1. The molecule has 9 heteroatoms. The lowest BCUT2D eigenvalue weighted by Crippen LogP contribution is -2.16. The maximum atomic E-state index is 6.16. The number of rotatable bonds is 9. The number of nitrogens with zero attached hydrogens (tertiary/aromatic N) is 5. The molecule has 0 aliphatic rings. The Morgan fingerprint density at radius 1 is 1.00 bits per heavy atom. The van der Waals surface area contributed by atoms with Crippen LogP contribution in [0, 0.1) is 0 Å². The Kier molecular flexibility index (Phi) is 6.19. The maximum Gasteiger partial charge on any atom is 0.210 e. The molecule has 0 aliphatic carbocycles. The number of imidazole rings is 1. The summed E-state index contributed by atoms with van der Waals surface area (Å²) < 4.78 is 14.5. The average Bonchev–Trinajstić information content (AvgIpc) is 3.37. The van der Waals surface area contributed by atoms with Crippen LogP contribution in [0.2, 0.25) is 0 Å². The summed E-state index contributed by atoms with van der Waals surface area (Å²) in [6.07, 6.45) is 3.78. The van der Waals surface area contributed by atoms with Gasteiger partial charge in [0.05, 0.1) is 12.9 Å². The van der Waals surface area contributed by atoms with Crippen LogP contribution < -0.4 is 15.3 Å². The predicted molar refractivity (Wildman–Crippen MR) is 115 cm³/mol. The van der Waals surface area contributed by atoms with Crippen LogP contribution in [0.5, 0.6) is 11.5 Å². The van der Waals surface area contributed by atoms with Crippen molar-refractivity contribution in [1.29, 1.82) is 0 Å². The van der Waals surface area contributed by atoms with E-state index in [1.807, 2.05) is 42.6 Å². The summed E-state index contributed by atoms with van der Waals surface area (Å²) in [5.74, 6) is 9.68. The van der Waals surface area contributed by atoms with E-state index < -0.39 is 0 Å². The number of thioether (sulfide) groups is 1. The Morgan fingerprint density at radius 2 is 1.83 bits per heavy atom. The number of ether oxygens (including phenoxy) is 2. The standard InChI is InChI=1S/C21H22N6O2S/c1-28-17-8-5-9-18(12-17)29-14-19-24-25-21(27(19)22)30-15-20-23-10-11-26(20)13-16-6-3-2-4-7-16/h2-12H,13-15,22H2,1H3. The fraction of sp³-hybridized carbons (Fsp3) is 0.190. The van der Waals surface area contributed by atoms with E-state index in [1.165, 1.54) is 22.0 Å². The van der Waals surface area contributed by atoms with Gasteiger partial charge in [-0.05, 0) is 17.7 Å². The zero-order valence-electron chi connectivity index (χ0n) is 16.5. The zero-order valence-corrected chi connectivity index (χ0v) is 17.3. The highest BCUT2D eigenvalue weighted by atomic mass is 32.2. The van der Waals surface area contributed by atoms with E-state index in [1.54, 1.807) is 19.4 Å². The Morgan fingerprint density at radius 3 is 2.67 bits per heavy atom. The lowest BCUT2D eigenvalue weighted by atomic mass is 10.2. The van der Waals surface area contributed by atoms with Crippen molar-refractivity contribution in [2.24, 2.45) is 0 Å². The smallest absolute Gasteiger partial charge is 0.210 e. The molecule has 0 saturated carbocycles. The molecule has 2 aromatic heterocycles. The van der Waals surface area contributed by atoms with E-state index in [9.17, 15) is 0 Å². The van der Waals surface area contributed by atoms with Gasteiger partial charge in [-0.25, -0.2) is 9.66 Å². The largest absolute Gasteiger partial charge is 0.497 e. The summed E-state index contributed by atoms with van der Waals surface area (Å²) in [6.45, 7) is 0.978. The molecule has 0 unspecified atom stereocenters. The maximum absolute atomic E-state index is 6.16. The van der Waals surface area contributed by atoms with Crippen LogP contribution >= 0.6 is 11.8 Å². The van der Waals surface area contributed by atoms with Gasteiger partial charge in [-0.15, -0.1) is 10.2 Å². The molecule has 0 radical (unpaired) electrons. The highest BCUT2D eigenvalue weighted by molar-refractivity contribution is 7.98. The summed E-state index contributed by atoms with van der Waals surface area (Å²) >= 11 is 1.48. The summed E-state index contributed by atoms with van der Waals surface area (Å²) in [4.78, 5) is 4.46. The van der Waals surface area contributed by atoms with E-state index in [-0.39, 0.29) is 6.61 Å². The summed E-state index contributed by atoms with van der Waals surface area (Å²) in [5.41, 5.74) is 1.22. The molecule has 4 rings (SSSR count). The molecular formula is C21H22N6O2S. The van der Waals surface area contributed by atoms with Crippen molar-refractivity contribution < 1.29 is 9.47 Å². The molecule has 0 amide bonds. The molecule has 0 atom stereocenters. The highest BCUT2D eigenvalue weighted by Crippen LogP contribution is 2.22. The first-order chi connectivity index (χ1) is 14.7. The van der Waals surface area contributed by atoms with Crippen molar-refractivity contribution in [2.75, 3.05) is 13.0 Å². The van der Waals surface area contributed by atoms with Gasteiger partial charge in [0.2, 0.25) is 5.16 Å². The van der Waals surface area contributed by atoms with Crippen molar-refractivity contribution in [3.63, 3.8) is 0 Å². The van der Waals surface area contributed by atoms with Crippen LogP contribution in [-0.2, 0) is 18.9 Å². The Labute approximate surface area is 178 Å². The van der Waals surface area contributed by atoms with Gasteiger partial charge in [-0.2, -0.15) is 0 Å². The molecule has 0 bridgehead atoms. The van der Waals surface area contributed by atoms with Gasteiger partial charge >= 0.3 is 0 Å². The van der Waals surface area contributed by atoms with Crippen molar-refractivity contribution in [3.8, 4) is 11.5 Å². The second kappa shape index (κ2) is 9.36. The minimum absolute atomic E-state index is 0.208. The molecule has 8 nitrogen and oxygen atoms in total. The Balaban J connectivity index is 1.36. The normalized spacial score (nSPS) is 10.8. The molecule has 0 fully saturated rings. The molecule has 2 heterocycles. The fourth-order valence-corrected chi connectivity index (χ4v) is 3.72. The SMILES string of the molecule is COc1cccc(OCc2nnc(SCc3nccn3Cc3ccccc3)n2N)c1. The predicted octanol–water partition coefficient (Wildman–Crippen LogP) is 3.12. The zero-order chi connectivity index (χ0) is 20.8.